The van der Waals surface area contributed by atoms with Crippen LogP contribution in [0.25, 0.3) is 10.8 Å². The predicted molar refractivity (Wildman–Crippen MR) is 89.6 cm³/mol. The molecule has 0 spiro atoms. The number of hydrogen-bond donors (Lipinski definition) is 2. The first-order valence-electron chi connectivity index (χ1n) is 7.30. The first kappa shape index (κ1) is 14.3. The lowest BCUT2D eigenvalue weighted by Crippen LogP contribution is -2.31. The second-order valence-corrected chi connectivity index (χ2v) is 5.35. The van der Waals surface area contributed by atoms with Gasteiger partial charge in [0.15, 0.2) is 0 Å². The van der Waals surface area contributed by atoms with Crippen molar-refractivity contribution in [2.45, 2.75) is 12.8 Å². The molecule has 0 bridgehead atoms. The van der Waals surface area contributed by atoms with Crippen LogP contribution in [-0.2, 0) is 0 Å². The molecule has 0 aliphatic heterocycles. The first-order chi connectivity index (χ1) is 10.7. The molecule has 3 nitrogen and oxygen atoms in total. The lowest BCUT2D eigenvalue weighted by atomic mass is 9.86. The lowest BCUT2D eigenvalue weighted by Gasteiger charge is -2.18. The number of hydrazine groups is 1. The Kier molecular flexibility index (Phi) is 3.90. The molecule has 3 aromatic rings. The van der Waals surface area contributed by atoms with Crippen molar-refractivity contribution in [2.75, 3.05) is 0 Å². The third-order valence-corrected chi connectivity index (χ3v) is 4.09. The summed E-state index contributed by atoms with van der Waals surface area (Å²) in [4.78, 5) is 12.0. The van der Waals surface area contributed by atoms with Crippen LogP contribution in [0.15, 0.2) is 66.7 Å². The average molecular weight is 290 g/mol. The van der Waals surface area contributed by atoms with Crippen LogP contribution >= 0.6 is 0 Å². The van der Waals surface area contributed by atoms with Crippen LogP contribution < -0.4 is 11.3 Å². The summed E-state index contributed by atoms with van der Waals surface area (Å²) >= 11 is 0. The van der Waals surface area contributed by atoms with Gasteiger partial charge < -0.3 is 0 Å². The minimum Gasteiger partial charge on any atom is -0.290 e. The zero-order chi connectivity index (χ0) is 15.5. The van der Waals surface area contributed by atoms with Crippen LogP contribution in [0.1, 0.15) is 34.3 Å². The van der Waals surface area contributed by atoms with Gasteiger partial charge in [0.1, 0.15) is 0 Å². The van der Waals surface area contributed by atoms with Gasteiger partial charge in [0.25, 0.3) is 5.91 Å². The maximum atomic E-state index is 12.0. The van der Waals surface area contributed by atoms with Crippen molar-refractivity contribution in [2.24, 2.45) is 5.84 Å². The number of nitrogen functional groups attached to an aromatic ring is 1. The highest BCUT2D eigenvalue weighted by atomic mass is 16.2. The Hall–Kier alpha value is -2.65. The summed E-state index contributed by atoms with van der Waals surface area (Å²) < 4.78 is 0. The molecule has 3 N–H and O–H groups in total. The van der Waals surface area contributed by atoms with Gasteiger partial charge in [-0.05, 0) is 28.0 Å². The zero-order valence-corrected chi connectivity index (χ0v) is 12.4. The van der Waals surface area contributed by atoms with Crippen molar-refractivity contribution in [1.82, 2.24) is 5.43 Å². The third-order valence-electron chi connectivity index (χ3n) is 4.09. The molecule has 3 aromatic carbocycles. The Morgan fingerprint density at radius 3 is 2.36 bits per heavy atom. The topological polar surface area (TPSA) is 55.1 Å². The number of carbonyl (C=O) groups is 1. The monoisotopic (exact) mass is 290 g/mol. The molecule has 0 saturated carbocycles. The Morgan fingerprint density at radius 1 is 0.909 bits per heavy atom. The first-order valence-corrected chi connectivity index (χ1v) is 7.30. The average Bonchev–Trinajstić information content (AvgIpc) is 2.60. The minimum atomic E-state index is -0.261. The van der Waals surface area contributed by atoms with E-state index < -0.39 is 0 Å². The van der Waals surface area contributed by atoms with Gasteiger partial charge in [-0.15, -0.1) is 0 Å². The van der Waals surface area contributed by atoms with E-state index in [1.807, 2.05) is 30.3 Å². The second-order valence-electron chi connectivity index (χ2n) is 5.35. The van der Waals surface area contributed by atoms with Crippen LogP contribution in [0, 0.1) is 0 Å². The number of nitrogens with two attached hydrogens (primary N) is 1. The minimum absolute atomic E-state index is 0.0969. The number of carbonyl (C=O) groups excluding carboxylic acids is 1. The molecular formula is C19H18N2O. The Bertz CT molecular complexity index is 821. The van der Waals surface area contributed by atoms with Gasteiger partial charge in [-0.25, -0.2) is 5.84 Å². The molecule has 1 unspecified atom stereocenters. The van der Waals surface area contributed by atoms with Crippen LogP contribution in [0.4, 0.5) is 0 Å². The molecule has 1 atom stereocenters. The van der Waals surface area contributed by atoms with E-state index in [9.17, 15) is 4.79 Å². The number of hydrogen-bond acceptors (Lipinski definition) is 2. The molecule has 3 rings (SSSR count). The fourth-order valence-corrected chi connectivity index (χ4v) is 2.95. The maximum Gasteiger partial charge on any atom is 0.265 e. The highest BCUT2D eigenvalue weighted by molar-refractivity contribution is 5.96. The summed E-state index contributed by atoms with van der Waals surface area (Å²) in [5.74, 6) is 5.14. The van der Waals surface area contributed by atoms with Crippen molar-refractivity contribution < 1.29 is 4.79 Å². The maximum absolute atomic E-state index is 12.0. The third kappa shape index (κ3) is 2.47. The Morgan fingerprint density at radius 2 is 1.55 bits per heavy atom. The normalized spacial score (nSPS) is 12.1. The Labute approximate surface area is 129 Å². The van der Waals surface area contributed by atoms with Gasteiger partial charge in [0, 0.05) is 11.5 Å². The standard InChI is InChI=1S/C19H18N2O/c1-13(16-9-4-5-11-18(16)19(22)21-20)15-12-6-8-14-7-2-3-10-17(14)15/h2-13H,20H2,1H3,(H,21,22). The lowest BCUT2D eigenvalue weighted by molar-refractivity contribution is 0.0952. The van der Waals surface area contributed by atoms with Gasteiger partial charge in [-0.2, -0.15) is 0 Å². The molecule has 0 heterocycles. The quantitative estimate of drug-likeness (QED) is 0.440. The van der Waals surface area contributed by atoms with Crippen LogP contribution in [0.5, 0.6) is 0 Å². The van der Waals surface area contributed by atoms with E-state index in [4.69, 9.17) is 5.84 Å². The molecule has 1 amide bonds. The molecule has 0 aromatic heterocycles. The summed E-state index contributed by atoms with van der Waals surface area (Å²) in [6.07, 6.45) is 0. The summed E-state index contributed by atoms with van der Waals surface area (Å²) in [6, 6.07) is 22.2. The van der Waals surface area contributed by atoms with Gasteiger partial charge in [0.2, 0.25) is 0 Å². The summed E-state index contributed by atoms with van der Waals surface area (Å²) in [5.41, 5.74) is 5.02. The number of fused-ring (bicyclic) bond motifs is 1. The molecule has 0 saturated heterocycles. The summed E-state index contributed by atoms with van der Waals surface area (Å²) in [5, 5.41) is 2.41. The predicted octanol–water partition coefficient (Wildman–Crippen LogP) is 3.60. The zero-order valence-electron chi connectivity index (χ0n) is 12.4. The number of benzene rings is 3. The van der Waals surface area contributed by atoms with Crippen molar-refractivity contribution >= 4 is 16.7 Å². The van der Waals surface area contributed by atoms with Crippen LogP contribution in [-0.4, -0.2) is 5.91 Å². The van der Waals surface area contributed by atoms with Crippen molar-refractivity contribution in [3.63, 3.8) is 0 Å². The SMILES string of the molecule is CC(c1ccccc1C(=O)NN)c1cccc2ccccc12. The molecule has 110 valence electrons. The molecule has 0 aliphatic carbocycles. The second kappa shape index (κ2) is 6.00. The molecule has 0 fully saturated rings. The highest BCUT2D eigenvalue weighted by Gasteiger charge is 2.17. The van der Waals surface area contributed by atoms with E-state index in [0.717, 1.165) is 5.56 Å². The molecule has 3 heteroatoms. The van der Waals surface area contributed by atoms with Gasteiger partial charge in [-0.1, -0.05) is 67.6 Å². The fraction of sp³-hybridized carbons (Fsp3) is 0.105. The van der Waals surface area contributed by atoms with Crippen LogP contribution in [0.3, 0.4) is 0 Å². The van der Waals surface area contributed by atoms with E-state index in [-0.39, 0.29) is 11.8 Å². The highest BCUT2D eigenvalue weighted by Crippen LogP contribution is 2.32. The molecule has 0 aliphatic rings. The fourth-order valence-electron chi connectivity index (χ4n) is 2.95. The van der Waals surface area contributed by atoms with E-state index in [2.05, 4.69) is 42.7 Å². The largest absolute Gasteiger partial charge is 0.290 e. The van der Waals surface area contributed by atoms with E-state index in [0.29, 0.717) is 5.56 Å². The molecule has 0 radical (unpaired) electrons. The summed E-state index contributed by atoms with van der Waals surface area (Å²) in [7, 11) is 0. The van der Waals surface area contributed by atoms with Gasteiger partial charge in [0.05, 0.1) is 0 Å². The van der Waals surface area contributed by atoms with Crippen LogP contribution in [0.2, 0.25) is 0 Å². The van der Waals surface area contributed by atoms with Crippen molar-refractivity contribution in [3.8, 4) is 0 Å². The molecular weight excluding hydrogens is 272 g/mol. The van der Waals surface area contributed by atoms with Crippen molar-refractivity contribution in [1.29, 1.82) is 0 Å². The summed E-state index contributed by atoms with van der Waals surface area (Å²) in [6.45, 7) is 2.12. The van der Waals surface area contributed by atoms with E-state index >= 15 is 0 Å². The molecule has 22 heavy (non-hydrogen) atoms. The van der Waals surface area contributed by atoms with E-state index in [1.54, 1.807) is 6.07 Å². The Balaban J connectivity index is 2.15. The van der Waals surface area contributed by atoms with Gasteiger partial charge >= 0.3 is 0 Å². The van der Waals surface area contributed by atoms with E-state index in [1.165, 1.54) is 16.3 Å². The smallest absolute Gasteiger partial charge is 0.265 e. The van der Waals surface area contributed by atoms with Gasteiger partial charge in [-0.3, -0.25) is 10.2 Å². The number of rotatable bonds is 3. The number of amides is 1. The number of nitrogens with one attached hydrogen (secondary N) is 1. The van der Waals surface area contributed by atoms with Crippen molar-refractivity contribution in [3.05, 3.63) is 83.4 Å².